The van der Waals surface area contributed by atoms with Crippen LogP contribution in [0.3, 0.4) is 0 Å². The zero-order chi connectivity index (χ0) is 27.5. The summed E-state index contributed by atoms with van der Waals surface area (Å²) < 4.78 is 10.9. The van der Waals surface area contributed by atoms with Crippen molar-refractivity contribution in [1.82, 2.24) is 15.4 Å². The number of nitrogens with two attached hydrogens (primary N) is 1. The molecule has 0 fully saturated rings. The maximum Gasteiger partial charge on any atom is 0.339 e. The Balaban J connectivity index is 2.08. The highest BCUT2D eigenvalue weighted by atomic mass is 16.5. The first-order valence-electron chi connectivity index (χ1n) is 12.4. The molecule has 9 nitrogen and oxygen atoms in total. The maximum absolute atomic E-state index is 12.2. The van der Waals surface area contributed by atoms with Crippen molar-refractivity contribution >= 4 is 11.9 Å². The molecule has 0 radical (unpaired) electrons. The van der Waals surface area contributed by atoms with Gasteiger partial charge in [0, 0.05) is 23.5 Å². The van der Waals surface area contributed by atoms with Crippen molar-refractivity contribution in [2.24, 2.45) is 11.7 Å². The lowest BCUT2D eigenvalue weighted by Gasteiger charge is -2.30. The second kappa shape index (κ2) is 11.3. The lowest BCUT2D eigenvalue weighted by Crippen LogP contribution is -2.50. The molecular weight excluding hydrogens is 472 g/mol. The number of aliphatic carboxylic acids is 1. The molecule has 2 heterocycles. The zero-order valence-corrected chi connectivity index (χ0v) is 22.8. The van der Waals surface area contributed by atoms with Crippen molar-refractivity contribution in [2.75, 3.05) is 13.7 Å². The predicted octanol–water partition coefficient (Wildman–Crippen LogP) is 3.61. The molecule has 0 unspecified atom stereocenters. The molecule has 37 heavy (non-hydrogen) atoms. The maximum atomic E-state index is 12.2. The number of nitrogens with zero attached hydrogens (tertiary/aromatic N) is 2. The van der Waals surface area contributed by atoms with Crippen LogP contribution in [-0.4, -0.2) is 46.2 Å². The van der Waals surface area contributed by atoms with Crippen LogP contribution in [0.2, 0.25) is 0 Å². The van der Waals surface area contributed by atoms with Gasteiger partial charge in [-0.2, -0.15) is 5.01 Å². The molecule has 0 spiro atoms. The van der Waals surface area contributed by atoms with Crippen molar-refractivity contribution in [3.8, 4) is 11.1 Å². The largest absolute Gasteiger partial charge is 0.478 e. The van der Waals surface area contributed by atoms with E-state index < -0.39 is 17.5 Å². The van der Waals surface area contributed by atoms with Gasteiger partial charge in [-0.25, -0.2) is 4.79 Å². The number of aromatic nitrogens is 1. The van der Waals surface area contributed by atoms with Gasteiger partial charge in [-0.3, -0.25) is 15.2 Å². The number of ether oxygens (including phenoxy) is 2. The summed E-state index contributed by atoms with van der Waals surface area (Å²) in [4.78, 5) is 29.1. The van der Waals surface area contributed by atoms with Gasteiger partial charge in [0.05, 0.1) is 12.6 Å². The number of aryl methyl sites for hydroxylation is 2. The van der Waals surface area contributed by atoms with E-state index in [1.165, 1.54) is 12.1 Å². The third-order valence-corrected chi connectivity index (χ3v) is 6.68. The Morgan fingerprint density at radius 2 is 1.81 bits per heavy atom. The lowest BCUT2D eigenvalue weighted by molar-refractivity contribution is -0.144. The van der Waals surface area contributed by atoms with E-state index in [1.54, 1.807) is 13.8 Å². The third-order valence-electron chi connectivity index (χ3n) is 6.68. The second-order valence-corrected chi connectivity index (χ2v) is 10.3. The van der Waals surface area contributed by atoms with Crippen LogP contribution < -0.4 is 11.2 Å². The minimum atomic E-state index is -1.14. The van der Waals surface area contributed by atoms with E-state index in [-0.39, 0.29) is 24.6 Å². The second-order valence-electron chi connectivity index (χ2n) is 10.3. The van der Waals surface area contributed by atoms with Crippen LogP contribution in [0.25, 0.3) is 11.1 Å². The van der Waals surface area contributed by atoms with Gasteiger partial charge >= 0.3 is 11.9 Å². The lowest BCUT2D eigenvalue weighted by atomic mass is 9.90. The summed E-state index contributed by atoms with van der Waals surface area (Å²) in [5, 5.41) is 11.5. The Kier molecular flexibility index (Phi) is 8.60. The number of hydrogen-bond donors (Lipinski definition) is 3. The summed E-state index contributed by atoms with van der Waals surface area (Å²) in [5.74, 6) is -1.15. The monoisotopic (exact) mass is 510 g/mol. The Morgan fingerprint density at radius 3 is 2.35 bits per heavy atom. The summed E-state index contributed by atoms with van der Waals surface area (Å²) in [6.45, 7) is 11.9. The Hall–Kier alpha value is -3.43. The molecule has 1 aromatic heterocycles. The van der Waals surface area contributed by atoms with Gasteiger partial charge in [0.1, 0.15) is 18.7 Å². The van der Waals surface area contributed by atoms with Crippen LogP contribution >= 0.6 is 0 Å². The van der Waals surface area contributed by atoms with Gasteiger partial charge in [-0.1, -0.05) is 43.7 Å². The van der Waals surface area contributed by atoms with Crippen molar-refractivity contribution in [3.05, 3.63) is 63.8 Å². The quantitative estimate of drug-likeness (QED) is 0.411. The number of carbonyl (C=O) groups excluding carboxylic acids is 1. The number of carbonyl (C=O) groups is 2. The molecule has 3 rings (SSSR count). The van der Waals surface area contributed by atoms with Gasteiger partial charge < -0.3 is 20.3 Å². The van der Waals surface area contributed by atoms with E-state index in [0.29, 0.717) is 12.5 Å². The standard InChI is InChI=1S/C28H38N4O5/c1-16(2)12-22-20(13-29)24(19-10-8-17(3)9-11-19)21(18(4)30-22)15-37-26-25(27(34)35)28(5,6)32(31-26)14-23(33)36-7/h8-11,16,31H,12-15,29H2,1-7H3,(H,34,35). The van der Waals surface area contributed by atoms with Crippen LogP contribution in [0.1, 0.15) is 55.8 Å². The number of hydrazine groups is 1. The normalized spacial score (nSPS) is 15.2. The molecule has 0 aliphatic carbocycles. The first-order chi connectivity index (χ1) is 17.4. The topological polar surface area (TPSA) is 127 Å². The molecule has 200 valence electrons. The highest BCUT2D eigenvalue weighted by Gasteiger charge is 2.45. The number of hydrogen-bond acceptors (Lipinski definition) is 8. The molecule has 9 heteroatoms. The molecule has 1 aliphatic rings. The Bertz CT molecular complexity index is 1200. The van der Waals surface area contributed by atoms with Crippen LogP contribution in [0.5, 0.6) is 0 Å². The molecule has 0 bridgehead atoms. The predicted molar refractivity (Wildman–Crippen MR) is 141 cm³/mol. The number of carboxylic acid groups (broad SMARTS) is 1. The fraction of sp³-hybridized carbons (Fsp3) is 0.464. The molecule has 0 saturated heterocycles. The van der Waals surface area contributed by atoms with Crippen molar-refractivity contribution in [3.63, 3.8) is 0 Å². The van der Waals surface area contributed by atoms with Crippen molar-refractivity contribution in [2.45, 2.75) is 66.7 Å². The number of carboxylic acids is 1. The van der Waals surface area contributed by atoms with Crippen LogP contribution in [0, 0.1) is 19.8 Å². The molecule has 0 saturated carbocycles. The molecule has 1 aliphatic heterocycles. The summed E-state index contributed by atoms with van der Waals surface area (Å²) in [6.07, 6.45) is 0.792. The number of benzene rings is 1. The number of esters is 1. The Morgan fingerprint density at radius 1 is 1.16 bits per heavy atom. The summed E-state index contributed by atoms with van der Waals surface area (Å²) >= 11 is 0. The number of methoxy groups -OCH3 is 1. The van der Waals surface area contributed by atoms with Gasteiger partial charge in [0.15, 0.2) is 0 Å². The van der Waals surface area contributed by atoms with Crippen molar-refractivity contribution < 1.29 is 24.2 Å². The van der Waals surface area contributed by atoms with E-state index in [9.17, 15) is 14.7 Å². The number of rotatable bonds is 10. The van der Waals surface area contributed by atoms with Gasteiger partial charge in [-0.15, -0.1) is 0 Å². The zero-order valence-electron chi connectivity index (χ0n) is 22.8. The molecule has 1 aromatic carbocycles. The van der Waals surface area contributed by atoms with E-state index in [4.69, 9.17) is 20.2 Å². The Labute approximate surface area is 218 Å². The summed E-state index contributed by atoms with van der Waals surface area (Å²) in [6, 6.07) is 8.22. The van der Waals surface area contributed by atoms with Gasteiger partial charge in [0.25, 0.3) is 0 Å². The van der Waals surface area contributed by atoms with E-state index in [1.807, 2.05) is 13.8 Å². The highest BCUT2D eigenvalue weighted by Crippen LogP contribution is 2.36. The molecule has 0 atom stereocenters. The molecular formula is C28H38N4O5. The molecule has 0 amide bonds. The minimum absolute atomic E-state index is 0.0226. The van der Waals surface area contributed by atoms with E-state index in [2.05, 4.69) is 43.5 Å². The summed E-state index contributed by atoms with van der Waals surface area (Å²) in [7, 11) is 1.29. The van der Waals surface area contributed by atoms with Crippen LogP contribution in [0.4, 0.5) is 0 Å². The summed E-state index contributed by atoms with van der Waals surface area (Å²) in [5.41, 5.74) is 14.9. The SMILES string of the molecule is COC(=O)CN1NC(OCc2c(C)nc(CC(C)C)c(CN)c2-c2ccc(C)cc2)=C(C(=O)O)C1(C)C. The average molecular weight is 511 g/mol. The third kappa shape index (κ3) is 5.94. The number of nitrogens with one attached hydrogen (secondary N) is 1. The number of pyridine rings is 1. The fourth-order valence-electron chi connectivity index (χ4n) is 4.63. The first kappa shape index (κ1) is 28.1. The van der Waals surface area contributed by atoms with Gasteiger partial charge in [-0.05, 0) is 56.7 Å². The minimum Gasteiger partial charge on any atom is -0.478 e. The van der Waals surface area contributed by atoms with Crippen LogP contribution in [-0.2, 0) is 38.6 Å². The fourth-order valence-corrected chi connectivity index (χ4v) is 4.63. The molecule has 4 N–H and O–H groups in total. The van der Waals surface area contributed by atoms with Gasteiger partial charge in [0.2, 0.25) is 5.88 Å². The smallest absolute Gasteiger partial charge is 0.339 e. The molecule has 2 aromatic rings. The van der Waals surface area contributed by atoms with E-state index >= 15 is 0 Å². The van der Waals surface area contributed by atoms with E-state index in [0.717, 1.165) is 45.6 Å². The first-order valence-corrected chi connectivity index (χ1v) is 12.4. The highest BCUT2D eigenvalue weighted by molar-refractivity contribution is 5.90. The van der Waals surface area contributed by atoms with Crippen LogP contribution in [0.15, 0.2) is 35.7 Å². The average Bonchev–Trinajstić information content (AvgIpc) is 3.07. The van der Waals surface area contributed by atoms with Crippen molar-refractivity contribution in [1.29, 1.82) is 0 Å².